The van der Waals surface area contributed by atoms with E-state index in [0.717, 1.165) is 37.7 Å². The van der Waals surface area contributed by atoms with Crippen LogP contribution in [-0.2, 0) is 6.54 Å². The average Bonchev–Trinajstić information content (AvgIpc) is 2.53. The Balaban J connectivity index is 1.82. The van der Waals surface area contributed by atoms with Crippen molar-refractivity contribution in [3.63, 3.8) is 0 Å². The molecule has 6 heteroatoms. The van der Waals surface area contributed by atoms with Crippen LogP contribution in [0.25, 0.3) is 0 Å². The van der Waals surface area contributed by atoms with Crippen molar-refractivity contribution in [3.8, 4) is 0 Å². The summed E-state index contributed by atoms with van der Waals surface area (Å²) in [5, 5.41) is 5.86. The van der Waals surface area contributed by atoms with Gasteiger partial charge in [-0.2, -0.15) is 0 Å². The number of aromatic nitrogens is 2. The van der Waals surface area contributed by atoms with Gasteiger partial charge in [0.05, 0.1) is 5.69 Å². The summed E-state index contributed by atoms with van der Waals surface area (Å²) in [5.74, 6) is 1.76. The molecule has 0 spiro atoms. The smallest absolute Gasteiger partial charge is 0.314 e. The van der Waals surface area contributed by atoms with Gasteiger partial charge in [0.25, 0.3) is 0 Å². The quantitative estimate of drug-likeness (QED) is 0.839. The van der Waals surface area contributed by atoms with Gasteiger partial charge >= 0.3 is 6.03 Å². The molecule has 134 valence electrons. The number of carbonyl (C=O) groups excluding carboxylic acids is 1. The van der Waals surface area contributed by atoms with Crippen LogP contribution in [0.3, 0.4) is 0 Å². The lowest BCUT2D eigenvalue weighted by atomic mass is 9.98. The summed E-state index contributed by atoms with van der Waals surface area (Å²) >= 11 is 0. The molecule has 1 unspecified atom stereocenters. The van der Waals surface area contributed by atoms with E-state index in [2.05, 4.69) is 39.3 Å². The number of nitrogens with zero attached hydrogens (tertiary/aromatic N) is 3. The Morgan fingerprint density at radius 1 is 1.38 bits per heavy atom. The molecule has 2 N–H and O–H groups in total. The van der Waals surface area contributed by atoms with Crippen molar-refractivity contribution < 1.29 is 4.79 Å². The lowest BCUT2D eigenvalue weighted by Crippen LogP contribution is -2.45. The first kappa shape index (κ1) is 18.6. The molecule has 0 radical (unpaired) electrons. The third kappa shape index (κ3) is 6.07. The molecule has 2 heterocycles. The maximum Gasteiger partial charge on any atom is 0.314 e. The second-order valence-electron chi connectivity index (χ2n) is 7.31. The zero-order valence-electron chi connectivity index (χ0n) is 15.4. The number of likely N-dealkylation sites (tertiary alicyclic amines) is 1. The summed E-state index contributed by atoms with van der Waals surface area (Å²) in [7, 11) is 0. The van der Waals surface area contributed by atoms with E-state index in [9.17, 15) is 4.79 Å². The van der Waals surface area contributed by atoms with Gasteiger partial charge in [-0.05, 0) is 45.2 Å². The van der Waals surface area contributed by atoms with Crippen molar-refractivity contribution in [1.29, 1.82) is 0 Å². The molecular formula is C18H31N5O. The van der Waals surface area contributed by atoms with E-state index >= 15 is 0 Å². The molecule has 1 aliphatic heterocycles. The number of amides is 2. The van der Waals surface area contributed by atoms with E-state index in [1.807, 2.05) is 26.1 Å². The van der Waals surface area contributed by atoms with E-state index in [4.69, 9.17) is 0 Å². The van der Waals surface area contributed by atoms with Gasteiger partial charge in [-0.25, -0.2) is 14.8 Å². The van der Waals surface area contributed by atoms with Gasteiger partial charge in [0.1, 0.15) is 5.82 Å². The number of hydrogen-bond donors (Lipinski definition) is 2. The molecule has 0 saturated carbocycles. The first-order valence-corrected chi connectivity index (χ1v) is 9.02. The van der Waals surface area contributed by atoms with Crippen LogP contribution in [0.4, 0.5) is 4.79 Å². The Kier molecular flexibility index (Phi) is 6.97. The number of carbonyl (C=O) groups is 1. The third-order valence-corrected chi connectivity index (χ3v) is 4.21. The van der Waals surface area contributed by atoms with Crippen LogP contribution in [0.1, 0.15) is 58.0 Å². The minimum atomic E-state index is -0.0699. The highest BCUT2D eigenvalue weighted by Gasteiger charge is 2.21. The zero-order chi connectivity index (χ0) is 17.5. The lowest BCUT2D eigenvalue weighted by molar-refractivity contribution is 0.163. The largest absolute Gasteiger partial charge is 0.338 e. The fourth-order valence-electron chi connectivity index (χ4n) is 3.02. The van der Waals surface area contributed by atoms with Crippen molar-refractivity contribution in [2.45, 2.75) is 59.0 Å². The number of hydrogen-bond acceptors (Lipinski definition) is 4. The van der Waals surface area contributed by atoms with E-state index in [0.29, 0.717) is 11.8 Å². The highest BCUT2D eigenvalue weighted by atomic mass is 16.2. The van der Waals surface area contributed by atoms with Gasteiger partial charge in [-0.1, -0.05) is 13.8 Å². The Labute approximate surface area is 145 Å². The molecule has 0 bridgehead atoms. The van der Waals surface area contributed by atoms with Crippen molar-refractivity contribution in [2.75, 3.05) is 19.6 Å². The summed E-state index contributed by atoms with van der Waals surface area (Å²) < 4.78 is 0. The van der Waals surface area contributed by atoms with Gasteiger partial charge in [0, 0.05) is 37.8 Å². The molecule has 1 aromatic rings. The molecule has 1 fully saturated rings. The monoisotopic (exact) mass is 333 g/mol. The molecule has 24 heavy (non-hydrogen) atoms. The Bertz CT molecular complexity index is 532. The number of rotatable bonds is 6. The summed E-state index contributed by atoms with van der Waals surface area (Å²) in [6.07, 6.45) is 4.19. The van der Waals surface area contributed by atoms with Gasteiger partial charge in [0.15, 0.2) is 0 Å². The summed E-state index contributed by atoms with van der Waals surface area (Å²) in [4.78, 5) is 23.2. The van der Waals surface area contributed by atoms with Crippen molar-refractivity contribution in [2.24, 2.45) is 5.92 Å². The molecule has 1 aliphatic rings. The fourth-order valence-corrected chi connectivity index (χ4v) is 3.02. The second kappa shape index (κ2) is 8.97. The summed E-state index contributed by atoms with van der Waals surface area (Å²) in [6, 6.07) is 2.10. The molecule has 2 amide bonds. The van der Waals surface area contributed by atoms with Crippen LogP contribution < -0.4 is 10.6 Å². The Morgan fingerprint density at radius 3 is 2.88 bits per heavy atom. The highest BCUT2D eigenvalue weighted by Crippen LogP contribution is 2.18. The molecule has 1 saturated heterocycles. The van der Waals surface area contributed by atoms with E-state index in [1.165, 1.54) is 12.8 Å². The van der Waals surface area contributed by atoms with Crippen LogP contribution >= 0.6 is 0 Å². The highest BCUT2D eigenvalue weighted by molar-refractivity contribution is 5.74. The fraction of sp³-hybridized carbons (Fsp3) is 0.722. The molecule has 6 nitrogen and oxygen atoms in total. The minimum Gasteiger partial charge on any atom is -0.338 e. The number of piperidine rings is 1. The topological polar surface area (TPSA) is 70.2 Å². The number of nitrogens with one attached hydrogen (secondary N) is 2. The Hall–Kier alpha value is -1.69. The molecule has 2 rings (SSSR count). The van der Waals surface area contributed by atoms with Gasteiger partial charge in [-0.15, -0.1) is 0 Å². The number of urea groups is 1. The van der Waals surface area contributed by atoms with Gasteiger partial charge < -0.3 is 10.6 Å². The van der Waals surface area contributed by atoms with Gasteiger partial charge in [0.2, 0.25) is 0 Å². The van der Waals surface area contributed by atoms with Crippen molar-refractivity contribution in [1.82, 2.24) is 25.5 Å². The van der Waals surface area contributed by atoms with Crippen LogP contribution in [0, 0.1) is 5.92 Å². The Morgan fingerprint density at radius 2 is 2.17 bits per heavy atom. The zero-order valence-corrected chi connectivity index (χ0v) is 15.4. The standard InChI is InChI=1S/C18H31N5O/c1-13(2)17-19-8-7-16(22-17)12-23-9-5-6-15(11-23)10-20-18(24)21-14(3)4/h7-8,13-15H,5-6,9-12H2,1-4H3,(H2,20,21,24). The molecule has 0 aromatic carbocycles. The predicted molar refractivity (Wildman–Crippen MR) is 95.8 cm³/mol. The molecule has 1 atom stereocenters. The van der Waals surface area contributed by atoms with Gasteiger partial charge in [-0.3, -0.25) is 4.90 Å². The second-order valence-corrected chi connectivity index (χ2v) is 7.31. The van der Waals surface area contributed by atoms with Crippen LogP contribution in [0.2, 0.25) is 0 Å². The minimum absolute atomic E-state index is 0.0699. The van der Waals surface area contributed by atoms with Crippen molar-refractivity contribution >= 4 is 6.03 Å². The van der Waals surface area contributed by atoms with Crippen molar-refractivity contribution in [3.05, 3.63) is 23.8 Å². The van der Waals surface area contributed by atoms with E-state index < -0.39 is 0 Å². The predicted octanol–water partition coefficient (Wildman–Crippen LogP) is 2.52. The lowest BCUT2D eigenvalue weighted by Gasteiger charge is -2.32. The van der Waals surface area contributed by atoms with Crippen LogP contribution in [0.15, 0.2) is 12.3 Å². The first-order chi connectivity index (χ1) is 11.4. The maximum absolute atomic E-state index is 11.7. The third-order valence-electron chi connectivity index (χ3n) is 4.21. The van der Waals surface area contributed by atoms with Crippen LogP contribution in [0.5, 0.6) is 0 Å². The normalized spacial score (nSPS) is 18.8. The molecule has 0 aliphatic carbocycles. The first-order valence-electron chi connectivity index (χ1n) is 9.02. The summed E-state index contributed by atoms with van der Waals surface area (Å²) in [6.45, 7) is 11.9. The summed E-state index contributed by atoms with van der Waals surface area (Å²) in [5.41, 5.74) is 1.08. The SMILES string of the molecule is CC(C)NC(=O)NCC1CCCN(Cc2ccnc(C(C)C)n2)C1. The van der Waals surface area contributed by atoms with E-state index in [1.54, 1.807) is 0 Å². The maximum atomic E-state index is 11.7. The van der Waals surface area contributed by atoms with Crippen LogP contribution in [-0.4, -0.2) is 46.6 Å². The van der Waals surface area contributed by atoms with E-state index in [-0.39, 0.29) is 12.1 Å². The average molecular weight is 333 g/mol. The molecular weight excluding hydrogens is 302 g/mol. The molecule has 1 aromatic heterocycles.